The van der Waals surface area contributed by atoms with Gasteiger partial charge in [0.15, 0.2) is 0 Å². The van der Waals surface area contributed by atoms with Crippen molar-refractivity contribution < 1.29 is 14.3 Å². The van der Waals surface area contributed by atoms with Crippen LogP contribution >= 0.6 is 0 Å². The zero-order chi connectivity index (χ0) is 23.4. The van der Waals surface area contributed by atoms with Crippen molar-refractivity contribution in [1.82, 2.24) is 15.3 Å². The summed E-state index contributed by atoms with van der Waals surface area (Å²) >= 11 is 0. The number of hydrogen-bond donors (Lipinski definition) is 1. The van der Waals surface area contributed by atoms with Crippen molar-refractivity contribution in [3.05, 3.63) is 48.3 Å². The number of aromatic nitrogens is 1. The molecule has 0 aromatic carbocycles. The van der Waals surface area contributed by atoms with Gasteiger partial charge in [0.05, 0.1) is 37.0 Å². The average molecular weight is 453 g/mol. The lowest BCUT2D eigenvalue weighted by molar-refractivity contribution is -0.169. The molecule has 0 unspecified atom stereocenters. The van der Waals surface area contributed by atoms with E-state index < -0.39 is 0 Å². The maximum Gasteiger partial charge on any atom is 0.233 e. The van der Waals surface area contributed by atoms with E-state index in [2.05, 4.69) is 32.0 Å². The number of amides is 1. The number of aliphatic imine (C=N–C) groups is 1. The van der Waals surface area contributed by atoms with Crippen molar-refractivity contribution in [2.24, 2.45) is 15.5 Å². The van der Waals surface area contributed by atoms with Crippen LogP contribution in [0, 0.1) is 5.41 Å². The minimum Gasteiger partial charge on any atom is -0.475 e. The summed E-state index contributed by atoms with van der Waals surface area (Å²) in [5.74, 6) is 1.58. The second kappa shape index (κ2) is 9.74. The van der Waals surface area contributed by atoms with E-state index in [0.29, 0.717) is 38.7 Å². The van der Waals surface area contributed by atoms with Crippen LogP contribution in [0.5, 0.6) is 0 Å². The summed E-state index contributed by atoms with van der Waals surface area (Å²) in [7, 11) is 0. The van der Waals surface area contributed by atoms with Gasteiger partial charge in [-0.2, -0.15) is 5.10 Å². The topological polar surface area (TPSA) is 91.7 Å². The fraction of sp³-hybridized carbons (Fsp3) is 0.500. The second-order valence-corrected chi connectivity index (χ2v) is 9.02. The third-order valence-electron chi connectivity index (χ3n) is 5.90. The lowest BCUT2D eigenvalue weighted by Crippen LogP contribution is -2.58. The molecular formula is C24H32N6O3. The number of nitrogens with zero attached hydrogens (tertiary/aromatic N) is 5. The molecule has 176 valence electrons. The number of piperazine rings is 1. The van der Waals surface area contributed by atoms with E-state index in [4.69, 9.17) is 9.47 Å². The van der Waals surface area contributed by atoms with Gasteiger partial charge in [0.1, 0.15) is 5.82 Å². The maximum atomic E-state index is 12.8. The highest BCUT2D eigenvalue weighted by Gasteiger charge is 2.44. The predicted octanol–water partition coefficient (Wildman–Crippen LogP) is 1.97. The lowest BCUT2D eigenvalue weighted by atomic mass is 9.86. The van der Waals surface area contributed by atoms with Gasteiger partial charge in [-0.25, -0.2) is 9.98 Å². The van der Waals surface area contributed by atoms with Crippen molar-refractivity contribution in [1.29, 1.82) is 0 Å². The number of carbonyl (C=O) groups excluding carboxylic acids is 1. The molecule has 4 heterocycles. The molecule has 1 aromatic rings. The van der Waals surface area contributed by atoms with Crippen molar-refractivity contribution in [2.45, 2.75) is 26.9 Å². The van der Waals surface area contributed by atoms with E-state index in [1.807, 2.05) is 43.9 Å². The number of nitrogens with one attached hydrogen (secondary N) is 1. The average Bonchev–Trinajstić information content (AvgIpc) is 3.25. The second-order valence-electron chi connectivity index (χ2n) is 9.02. The molecule has 3 aliphatic rings. The summed E-state index contributed by atoms with van der Waals surface area (Å²) in [4.78, 5) is 25.7. The van der Waals surface area contributed by atoms with Gasteiger partial charge in [-0.1, -0.05) is 6.58 Å². The van der Waals surface area contributed by atoms with Crippen molar-refractivity contribution in [2.75, 3.05) is 50.8 Å². The Kier molecular flexibility index (Phi) is 6.78. The summed E-state index contributed by atoms with van der Waals surface area (Å²) in [6.07, 6.45) is 5.18. The van der Waals surface area contributed by atoms with E-state index in [-0.39, 0.29) is 17.4 Å². The number of anilines is 1. The summed E-state index contributed by atoms with van der Waals surface area (Å²) in [6, 6.07) is 4.00. The predicted molar refractivity (Wildman–Crippen MR) is 128 cm³/mol. The highest BCUT2D eigenvalue weighted by Crippen LogP contribution is 2.30. The van der Waals surface area contributed by atoms with Gasteiger partial charge in [-0.05, 0) is 32.9 Å². The molecule has 4 rings (SSSR count). The van der Waals surface area contributed by atoms with Gasteiger partial charge in [-0.15, -0.1) is 0 Å². The van der Waals surface area contributed by atoms with Gasteiger partial charge < -0.3 is 24.7 Å². The van der Waals surface area contributed by atoms with Crippen molar-refractivity contribution >= 4 is 23.3 Å². The fourth-order valence-corrected chi connectivity index (χ4v) is 4.10. The largest absolute Gasteiger partial charge is 0.475 e. The molecule has 0 saturated carbocycles. The Morgan fingerprint density at radius 2 is 2.09 bits per heavy atom. The Balaban J connectivity index is 1.46. The fourth-order valence-electron chi connectivity index (χ4n) is 4.10. The maximum absolute atomic E-state index is 12.8. The molecule has 33 heavy (non-hydrogen) atoms. The number of ether oxygens (including phenoxy) is 2. The standard InChI is InChI=1S/C24H32N6O3/c1-5-25-21(33-17(2)3)13-19-14-27-28-22(19)18-6-7-26-20(12-18)29-8-10-30(11-9-29)23(31)24(4)15-32-16-24/h5-7,12-13,17,27H,1,8-11,14-16H2,2-4H3/b19-13+,25-21?. The zero-order valence-corrected chi connectivity index (χ0v) is 19.6. The summed E-state index contributed by atoms with van der Waals surface area (Å²) in [5, 5.41) is 4.50. The molecule has 0 spiro atoms. The molecule has 1 amide bonds. The number of hydrazone groups is 1. The number of carbonyl (C=O) groups is 1. The van der Waals surface area contributed by atoms with Crippen LogP contribution < -0.4 is 10.3 Å². The molecule has 0 bridgehead atoms. The highest BCUT2D eigenvalue weighted by molar-refractivity contribution is 6.16. The zero-order valence-electron chi connectivity index (χ0n) is 19.6. The summed E-state index contributed by atoms with van der Waals surface area (Å²) < 4.78 is 11.0. The van der Waals surface area contributed by atoms with Gasteiger partial charge in [-0.3, -0.25) is 4.79 Å². The molecule has 9 heteroatoms. The quantitative estimate of drug-likeness (QED) is 0.524. The SMILES string of the molecule is C=CN=C(/C=C1\CNN=C1c1ccnc(N2CCN(C(=O)C3(C)COC3)CC2)c1)OC(C)C. The van der Waals surface area contributed by atoms with E-state index >= 15 is 0 Å². The Bertz CT molecular complexity index is 988. The van der Waals surface area contributed by atoms with E-state index in [0.717, 1.165) is 35.8 Å². The molecule has 1 aromatic heterocycles. The van der Waals surface area contributed by atoms with Crippen LogP contribution in [0.2, 0.25) is 0 Å². The first kappa shape index (κ1) is 23.0. The van der Waals surface area contributed by atoms with Crippen molar-refractivity contribution in [3.63, 3.8) is 0 Å². The third kappa shape index (κ3) is 5.08. The van der Waals surface area contributed by atoms with E-state index in [1.54, 1.807) is 6.20 Å². The molecule has 0 radical (unpaired) electrons. The third-order valence-corrected chi connectivity index (χ3v) is 5.90. The van der Waals surface area contributed by atoms with Crippen LogP contribution in [-0.2, 0) is 14.3 Å². The first-order valence-corrected chi connectivity index (χ1v) is 11.3. The Labute approximate surface area is 194 Å². The van der Waals surface area contributed by atoms with Crippen LogP contribution in [-0.4, -0.2) is 79.4 Å². The molecule has 2 saturated heterocycles. The molecule has 0 aliphatic carbocycles. The minimum absolute atomic E-state index is 0.00721. The molecule has 3 aliphatic heterocycles. The molecule has 9 nitrogen and oxygen atoms in total. The Morgan fingerprint density at radius 3 is 2.73 bits per heavy atom. The van der Waals surface area contributed by atoms with Gasteiger partial charge in [0.2, 0.25) is 11.8 Å². The normalized spacial score (nSPS) is 21.5. The highest BCUT2D eigenvalue weighted by atomic mass is 16.5. The van der Waals surface area contributed by atoms with Gasteiger partial charge in [0, 0.05) is 55.8 Å². The Hall–Kier alpha value is -3.20. The van der Waals surface area contributed by atoms with Crippen molar-refractivity contribution in [3.8, 4) is 0 Å². The van der Waals surface area contributed by atoms with Crippen LogP contribution in [0.15, 0.2) is 52.9 Å². The van der Waals surface area contributed by atoms with Crippen LogP contribution in [0.1, 0.15) is 26.3 Å². The van der Waals surface area contributed by atoms with E-state index in [9.17, 15) is 4.79 Å². The summed E-state index contributed by atoms with van der Waals surface area (Å²) in [6.45, 7) is 14.0. The first-order chi connectivity index (χ1) is 15.9. The number of hydrogen-bond acceptors (Lipinski definition) is 8. The number of rotatable bonds is 6. The lowest BCUT2D eigenvalue weighted by Gasteiger charge is -2.43. The first-order valence-electron chi connectivity index (χ1n) is 11.3. The van der Waals surface area contributed by atoms with E-state index in [1.165, 1.54) is 6.20 Å². The van der Waals surface area contributed by atoms with Crippen LogP contribution in [0.3, 0.4) is 0 Å². The number of pyridine rings is 1. The molecule has 0 atom stereocenters. The molecule has 2 fully saturated rings. The van der Waals surface area contributed by atoms with Gasteiger partial charge in [0.25, 0.3) is 0 Å². The van der Waals surface area contributed by atoms with Gasteiger partial charge >= 0.3 is 0 Å². The van der Waals surface area contributed by atoms with Crippen LogP contribution in [0.4, 0.5) is 5.82 Å². The summed E-state index contributed by atoms with van der Waals surface area (Å²) in [5.41, 5.74) is 5.50. The monoisotopic (exact) mass is 452 g/mol. The molecular weight excluding hydrogens is 420 g/mol. The minimum atomic E-state index is -0.357. The smallest absolute Gasteiger partial charge is 0.233 e. The Morgan fingerprint density at radius 1 is 1.33 bits per heavy atom. The van der Waals surface area contributed by atoms with Crippen LogP contribution in [0.25, 0.3) is 0 Å². The molecule has 1 N–H and O–H groups in total.